The Morgan fingerprint density at radius 1 is 1.33 bits per heavy atom. The number of aliphatic hydroxyl groups excluding tert-OH is 1. The molecule has 1 fully saturated rings. The molecule has 156 valence electrons. The normalized spacial score (nSPS) is 23.8. The van der Waals surface area contributed by atoms with Gasteiger partial charge in [0.25, 0.3) is 0 Å². The Morgan fingerprint density at radius 2 is 2.13 bits per heavy atom. The number of amides is 2. The molecule has 7 nitrogen and oxygen atoms in total. The van der Waals surface area contributed by atoms with Crippen molar-refractivity contribution < 1.29 is 9.90 Å². The molecule has 0 bridgehead atoms. The summed E-state index contributed by atoms with van der Waals surface area (Å²) in [4.78, 5) is 18.7. The lowest BCUT2D eigenvalue weighted by Gasteiger charge is -2.42. The number of hydrogen-bond donors (Lipinski definition) is 2. The summed E-state index contributed by atoms with van der Waals surface area (Å²) in [5, 5.41) is 20.3. The third-order valence-corrected chi connectivity index (χ3v) is 6.94. The van der Waals surface area contributed by atoms with Gasteiger partial charge in [-0.3, -0.25) is 9.67 Å². The number of rotatable bonds is 3. The average molecular weight is 426 g/mol. The summed E-state index contributed by atoms with van der Waals surface area (Å²) in [6.07, 6.45) is 4.46. The van der Waals surface area contributed by atoms with Crippen molar-refractivity contribution in [2.45, 2.75) is 38.0 Å². The molecule has 0 aliphatic carbocycles. The fraction of sp³-hybridized carbons (Fsp3) is 0.409. The highest BCUT2D eigenvalue weighted by Crippen LogP contribution is 2.51. The Labute approximate surface area is 179 Å². The maximum Gasteiger partial charge on any atom is 0.317 e. The zero-order valence-corrected chi connectivity index (χ0v) is 17.5. The van der Waals surface area contributed by atoms with E-state index >= 15 is 0 Å². The van der Waals surface area contributed by atoms with Gasteiger partial charge in [0.05, 0.1) is 29.5 Å². The lowest BCUT2D eigenvalue weighted by atomic mass is 9.75. The molecule has 2 aliphatic heterocycles. The number of halogens is 1. The fourth-order valence-corrected chi connectivity index (χ4v) is 5.25. The second kappa shape index (κ2) is 7.25. The second-order valence-electron chi connectivity index (χ2n) is 8.36. The number of pyridine rings is 1. The van der Waals surface area contributed by atoms with Crippen LogP contribution in [-0.4, -0.2) is 43.9 Å². The minimum Gasteiger partial charge on any atom is -0.386 e. The number of nitrogens with one attached hydrogen (secondary N) is 1. The van der Waals surface area contributed by atoms with Crippen molar-refractivity contribution in [2.24, 2.45) is 5.92 Å². The van der Waals surface area contributed by atoms with Crippen LogP contribution in [0.1, 0.15) is 37.1 Å². The SMILES string of the molecule is CC1(C2CCN(C(=O)NCc3ccccn3)CC2)C(O)c2cc(Cl)cc3cnn1c23. The molecule has 2 amide bonds. The van der Waals surface area contributed by atoms with E-state index in [1.807, 2.05) is 46.1 Å². The third kappa shape index (κ3) is 2.96. The van der Waals surface area contributed by atoms with Crippen LogP contribution < -0.4 is 5.32 Å². The van der Waals surface area contributed by atoms with Crippen molar-refractivity contribution in [2.75, 3.05) is 13.1 Å². The highest BCUT2D eigenvalue weighted by atomic mass is 35.5. The number of urea groups is 1. The Morgan fingerprint density at radius 3 is 2.87 bits per heavy atom. The highest BCUT2D eigenvalue weighted by molar-refractivity contribution is 6.31. The summed E-state index contributed by atoms with van der Waals surface area (Å²) >= 11 is 6.25. The van der Waals surface area contributed by atoms with E-state index in [2.05, 4.69) is 22.3 Å². The van der Waals surface area contributed by atoms with Gasteiger partial charge in [0, 0.05) is 35.3 Å². The molecule has 1 aromatic carbocycles. The largest absolute Gasteiger partial charge is 0.386 e. The number of piperidine rings is 1. The molecule has 5 rings (SSSR count). The van der Waals surface area contributed by atoms with Crippen molar-refractivity contribution in [3.8, 4) is 0 Å². The van der Waals surface area contributed by atoms with E-state index in [0.717, 1.165) is 35.0 Å². The van der Waals surface area contributed by atoms with Crippen molar-refractivity contribution in [3.05, 3.63) is 59.0 Å². The Kier molecular flexibility index (Phi) is 4.67. The minimum atomic E-state index is -0.670. The zero-order chi connectivity index (χ0) is 20.9. The number of carbonyl (C=O) groups excluding carboxylic acids is 1. The summed E-state index contributed by atoms with van der Waals surface area (Å²) < 4.78 is 1.97. The van der Waals surface area contributed by atoms with Gasteiger partial charge in [-0.25, -0.2) is 4.79 Å². The number of aliphatic hydroxyl groups is 1. The number of benzene rings is 1. The van der Waals surface area contributed by atoms with Gasteiger partial charge in [-0.15, -0.1) is 0 Å². The summed E-state index contributed by atoms with van der Waals surface area (Å²) in [6, 6.07) is 9.31. The van der Waals surface area contributed by atoms with E-state index in [1.54, 1.807) is 6.20 Å². The number of likely N-dealkylation sites (tertiary alicyclic amines) is 1. The lowest BCUT2D eigenvalue weighted by molar-refractivity contribution is -0.0116. The Bertz CT molecular complexity index is 1090. The molecule has 0 radical (unpaired) electrons. The first-order chi connectivity index (χ1) is 14.5. The summed E-state index contributed by atoms with van der Waals surface area (Å²) in [6.45, 7) is 3.77. The number of aromatic nitrogens is 3. The lowest BCUT2D eigenvalue weighted by Crippen LogP contribution is -2.50. The van der Waals surface area contributed by atoms with Crippen LogP contribution in [0.4, 0.5) is 4.79 Å². The molecular formula is C22H24ClN5O2. The van der Waals surface area contributed by atoms with Gasteiger partial charge in [0.2, 0.25) is 0 Å². The van der Waals surface area contributed by atoms with E-state index in [-0.39, 0.29) is 11.9 Å². The van der Waals surface area contributed by atoms with Crippen molar-refractivity contribution in [3.63, 3.8) is 0 Å². The first kappa shape index (κ1) is 19.3. The monoisotopic (exact) mass is 425 g/mol. The number of hydrogen-bond acceptors (Lipinski definition) is 4. The molecule has 1 saturated heterocycles. The molecule has 2 aliphatic rings. The molecule has 2 atom stereocenters. The summed E-state index contributed by atoms with van der Waals surface area (Å²) in [7, 11) is 0. The molecule has 3 aromatic rings. The molecule has 0 spiro atoms. The average Bonchev–Trinajstić information content (AvgIpc) is 3.29. The van der Waals surface area contributed by atoms with E-state index in [9.17, 15) is 9.90 Å². The molecule has 2 N–H and O–H groups in total. The van der Waals surface area contributed by atoms with E-state index in [0.29, 0.717) is 24.7 Å². The third-order valence-electron chi connectivity index (χ3n) is 6.72. The maximum atomic E-state index is 12.6. The van der Waals surface area contributed by atoms with Gasteiger partial charge >= 0.3 is 6.03 Å². The molecule has 4 heterocycles. The Balaban J connectivity index is 1.28. The summed E-state index contributed by atoms with van der Waals surface area (Å²) in [5.41, 5.74) is 2.09. The zero-order valence-electron chi connectivity index (χ0n) is 16.8. The highest BCUT2D eigenvalue weighted by Gasteiger charge is 2.50. The van der Waals surface area contributed by atoms with Gasteiger partial charge < -0.3 is 15.3 Å². The smallest absolute Gasteiger partial charge is 0.317 e. The quantitative estimate of drug-likeness (QED) is 0.673. The predicted octanol–water partition coefficient (Wildman–Crippen LogP) is 3.47. The molecule has 2 aromatic heterocycles. The van der Waals surface area contributed by atoms with Crippen LogP contribution in [0, 0.1) is 5.92 Å². The molecule has 30 heavy (non-hydrogen) atoms. The van der Waals surface area contributed by atoms with Crippen LogP contribution in [0.25, 0.3) is 10.9 Å². The number of nitrogens with zero attached hydrogens (tertiary/aromatic N) is 4. The van der Waals surface area contributed by atoms with Crippen molar-refractivity contribution >= 4 is 28.5 Å². The molecule has 0 saturated carbocycles. The number of carbonyl (C=O) groups is 1. The first-order valence-electron chi connectivity index (χ1n) is 10.3. The molecule has 8 heteroatoms. The topological polar surface area (TPSA) is 83.3 Å². The van der Waals surface area contributed by atoms with Gasteiger partial charge in [-0.2, -0.15) is 5.10 Å². The van der Waals surface area contributed by atoms with Gasteiger partial charge in [0.1, 0.15) is 6.10 Å². The fourth-order valence-electron chi connectivity index (χ4n) is 5.01. The standard InChI is InChI=1S/C22H24ClN5O2/c1-22(20(29)18-11-16(23)10-14-12-26-28(22)19(14)18)15-5-8-27(9-6-15)21(30)25-13-17-4-2-3-7-24-17/h2-4,7,10-12,15,20,29H,5-6,8-9,13H2,1H3,(H,25,30). The van der Waals surface area contributed by atoms with Crippen LogP contribution in [0.15, 0.2) is 42.7 Å². The van der Waals surface area contributed by atoms with Crippen molar-refractivity contribution in [1.82, 2.24) is 25.0 Å². The minimum absolute atomic E-state index is 0.0761. The van der Waals surface area contributed by atoms with Crippen LogP contribution >= 0.6 is 11.6 Å². The van der Waals surface area contributed by atoms with Crippen LogP contribution in [-0.2, 0) is 12.1 Å². The first-order valence-corrected chi connectivity index (χ1v) is 10.6. The molecule has 2 unspecified atom stereocenters. The van der Waals surface area contributed by atoms with E-state index < -0.39 is 11.6 Å². The predicted molar refractivity (Wildman–Crippen MR) is 114 cm³/mol. The van der Waals surface area contributed by atoms with E-state index in [4.69, 9.17) is 11.6 Å². The van der Waals surface area contributed by atoms with Crippen LogP contribution in [0.5, 0.6) is 0 Å². The Hall–Kier alpha value is -2.64. The van der Waals surface area contributed by atoms with Gasteiger partial charge in [-0.1, -0.05) is 17.7 Å². The maximum absolute atomic E-state index is 12.6. The van der Waals surface area contributed by atoms with Crippen LogP contribution in [0.2, 0.25) is 5.02 Å². The second-order valence-corrected chi connectivity index (χ2v) is 8.80. The van der Waals surface area contributed by atoms with Gasteiger partial charge in [0.15, 0.2) is 0 Å². The van der Waals surface area contributed by atoms with Gasteiger partial charge in [-0.05, 0) is 49.9 Å². The van der Waals surface area contributed by atoms with Crippen LogP contribution in [0.3, 0.4) is 0 Å². The summed E-state index contributed by atoms with van der Waals surface area (Å²) in [5.74, 6) is 0.196. The van der Waals surface area contributed by atoms with Crippen molar-refractivity contribution in [1.29, 1.82) is 0 Å². The van der Waals surface area contributed by atoms with E-state index in [1.165, 1.54) is 0 Å². The molecular weight excluding hydrogens is 402 g/mol.